The highest BCUT2D eigenvalue weighted by Crippen LogP contribution is 2.19. The van der Waals surface area contributed by atoms with Crippen LogP contribution in [0.3, 0.4) is 0 Å². The van der Waals surface area contributed by atoms with Gasteiger partial charge in [0.1, 0.15) is 5.75 Å². The van der Waals surface area contributed by atoms with Crippen LogP contribution in [0.4, 0.5) is 0 Å². The van der Waals surface area contributed by atoms with E-state index in [9.17, 15) is 0 Å². The lowest BCUT2D eigenvalue weighted by atomic mass is 10.1. The number of hydrogen-bond donors (Lipinski definition) is 1. The SMILES string of the molecule is CCCOc1cccc([C@@H](C)NC(C)C)c1. The van der Waals surface area contributed by atoms with E-state index in [4.69, 9.17) is 4.74 Å². The second-order valence-corrected chi connectivity index (χ2v) is 4.46. The zero-order valence-corrected chi connectivity index (χ0v) is 10.8. The second-order valence-electron chi connectivity index (χ2n) is 4.46. The highest BCUT2D eigenvalue weighted by Gasteiger charge is 2.07. The van der Waals surface area contributed by atoms with Gasteiger partial charge in [-0.05, 0) is 31.0 Å². The third kappa shape index (κ3) is 4.23. The van der Waals surface area contributed by atoms with Gasteiger partial charge in [-0.15, -0.1) is 0 Å². The molecule has 2 nitrogen and oxygen atoms in total. The molecule has 90 valence electrons. The Hall–Kier alpha value is -1.02. The van der Waals surface area contributed by atoms with E-state index in [-0.39, 0.29) is 0 Å². The molecule has 16 heavy (non-hydrogen) atoms. The number of nitrogens with one attached hydrogen (secondary N) is 1. The molecular formula is C14H23NO. The van der Waals surface area contributed by atoms with E-state index in [1.54, 1.807) is 0 Å². The van der Waals surface area contributed by atoms with Crippen molar-refractivity contribution in [2.24, 2.45) is 0 Å². The average molecular weight is 221 g/mol. The Bertz CT molecular complexity index is 309. The van der Waals surface area contributed by atoms with Gasteiger partial charge in [0.25, 0.3) is 0 Å². The Balaban J connectivity index is 2.65. The molecule has 0 aliphatic carbocycles. The van der Waals surface area contributed by atoms with Crippen LogP contribution in [0.15, 0.2) is 24.3 Å². The van der Waals surface area contributed by atoms with E-state index in [1.807, 2.05) is 6.07 Å². The number of hydrogen-bond acceptors (Lipinski definition) is 2. The molecule has 0 aliphatic heterocycles. The Morgan fingerprint density at radius 3 is 2.62 bits per heavy atom. The van der Waals surface area contributed by atoms with Crippen LogP contribution in [0.1, 0.15) is 45.7 Å². The molecule has 0 aliphatic rings. The first-order valence-electron chi connectivity index (χ1n) is 6.12. The quantitative estimate of drug-likeness (QED) is 0.793. The van der Waals surface area contributed by atoms with Gasteiger partial charge in [0.15, 0.2) is 0 Å². The summed E-state index contributed by atoms with van der Waals surface area (Å²) < 4.78 is 5.62. The van der Waals surface area contributed by atoms with E-state index in [2.05, 4.69) is 51.2 Å². The molecule has 1 atom stereocenters. The molecule has 0 saturated carbocycles. The molecule has 0 radical (unpaired) electrons. The standard InChI is InChI=1S/C14H23NO/c1-5-9-16-14-8-6-7-13(10-14)12(4)15-11(2)3/h6-8,10-12,15H,5,9H2,1-4H3/t12-/m1/s1. The highest BCUT2D eigenvalue weighted by molar-refractivity contribution is 5.30. The van der Waals surface area contributed by atoms with Crippen molar-refractivity contribution in [3.63, 3.8) is 0 Å². The fourth-order valence-corrected chi connectivity index (χ4v) is 1.69. The van der Waals surface area contributed by atoms with Crippen LogP contribution in [0, 0.1) is 0 Å². The minimum absolute atomic E-state index is 0.366. The average Bonchev–Trinajstić information content (AvgIpc) is 2.26. The van der Waals surface area contributed by atoms with Crippen LogP contribution in [-0.4, -0.2) is 12.6 Å². The van der Waals surface area contributed by atoms with Crippen molar-refractivity contribution >= 4 is 0 Å². The van der Waals surface area contributed by atoms with Gasteiger partial charge >= 0.3 is 0 Å². The first-order chi connectivity index (χ1) is 7.63. The lowest BCUT2D eigenvalue weighted by Gasteiger charge is -2.18. The molecule has 0 saturated heterocycles. The van der Waals surface area contributed by atoms with E-state index < -0.39 is 0 Å². The van der Waals surface area contributed by atoms with E-state index in [0.717, 1.165) is 18.8 Å². The molecule has 0 amide bonds. The van der Waals surface area contributed by atoms with E-state index in [0.29, 0.717) is 12.1 Å². The largest absolute Gasteiger partial charge is 0.494 e. The third-order valence-electron chi connectivity index (χ3n) is 2.41. The second kappa shape index (κ2) is 6.54. The van der Waals surface area contributed by atoms with Gasteiger partial charge in [-0.3, -0.25) is 0 Å². The molecule has 1 N–H and O–H groups in total. The minimum atomic E-state index is 0.366. The maximum atomic E-state index is 5.62. The summed E-state index contributed by atoms with van der Waals surface area (Å²) in [5, 5.41) is 3.49. The Morgan fingerprint density at radius 2 is 2.00 bits per heavy atom. The van der Waals surface area contributed by atoms with Gasteiger partial charge in [-0.2, -0.15) is 0 Å². The Morgan fingerprint density at radius 1 is 1.25 bits per heavy atom. The van der Waals surface area contributed by atoms with Gasteiger partial charge in [0.2, 0.25) is 0 Å². The lowest BCUT2D eigenvalue weighted by Crippen LogP contribution is -2.25. The summed E-state index contributed by atoms with van der Waals surface area (Å²) in [5.74, 6) is 0.969. The molecular weight excluding hydrogens is 198 g/mol. The monoisotopic (exact) mass is 221 g/mol. The molecule has 0 aromatic heterocycles. The summed E-state index contributed by atoms with van der Waals surface area (Å²) >= 11 is 0. The summed E-state index contributed by atoms with van der Waals surface area (Å²) in [5.41, 5.74) is 1.28. The van der Waals surface area contributed by atoms with Crippen LogP contribution < -0.4 is 10.1 Å². The van der Waals surface area contributed by atoms with Crippen LogP contribution >= 0.6 is 0 Å². The molecule has 1 aromatic carbocycles. The van der Waals surface area contributed by atoms with Gasteiger partial charge in [0, 0.05) is 12.1 Å². The first kappa shape index (κ1) is 13.0. The molecule has 0 spiro atoms. The number of benzene rings is 1. The maximum Gasteiger partial charge on any atom is 0.119 e. The van der Waals surface area contributed by atoms with Crippen molar-refractivity contribution in [1.29, 1.82) is 0 Å². The fraction of sp³-hybridized carbons (Fsp3) is 0.571. The third-order valence-corrected chi connectivity index (χ3v) is 2.41. The first-order valence-corrected chi connectivity index (χ1v) is 6.12. The Kier molecular flexibility index (Phi) is 5.33. The van der Waals surface area contributed by atoms with Crippen LogP contribution in [0.2, 0.25) is 0 Å². The summed E-state index contributed by atoms with van der Waals surface area (Å²) in [6, 6.07) is 9.19. The van der Waals surface area contributed by atoms with Gasteiger partial charge < -0.3 is 10.1 Å². The predicted octanol–water partition coefficient (Wildman–Crippen LogP) is 3.53. The zero-order valence-electron chi connectivity index (χ0n) is 10.8. The maximum absolute atomic E-state index is 5.62. The molecule has 2 heteroatoms. The smallest absolute Gasteiger partial charge is 0.119 e. The molecule has 0 unspecified atom stereocenters. The van der Waals surface area contributed by atoms with Crippen LogP contribution in [0.25, 0.3) is 0 Å². The predicted molar refractivity (Wildman–Crippen MR) is 68.9 cm³/mol. The van der Waals surface area contributed by atoms with E-state index >= 15 is 0 Å². The molecule has 1 rings (SSSR count). The molecule has 0 fully saturated rings. The number of ether oxygens (including phenoxy) is 1. The summed E-state index contributed by atoms with van der Waals surface area (Å²) in [4.78, 5) is 0. The molecule has 0 heterocycles. The Labute approximate surface area is 99.0 Å². The lowest BCUT2D eigenvalue weighted by molar-refractivity contribution is 0.316. The fourth-order valence-electron chi connectivity index (χ4n) is 1.69. The number of rotatable bonds is 6. The minimum Gasteiger partial charge on any atom is -0.494 e. The molecule has 0 bridgehead atoms. The van der Waals surface area contributed by atoms with Gasteiger partial charge in [0.05, 0.1) is 6.61 Å². The van der Waals surface area contributed by atoms with Crippen molar-refractivity contribution in [2.45, 2.75) is 46.2 Å². The van der Waals surface area contributed by atoms with Gasteiger partial charge in [-0.1, -0.05) is 32.9 Å². The highest BCUT2D eigenvalue weighted by atomic mass is 16.5. The summed E-state index contributed by atoms with van der Waals surface area (Å²) in [6.45, 7) is 9.41. The van der Waals surface area contributed by atoms with E-state index in [1.165, 1.54) is 5.56 Å². The van der Waals surface area contributed by atoms with Crippen LogP contribution in [-0.2, 0) is 0 Å². The van der Waals surface area contributed by atoms with Crippen molar-refractivity contribution < 1.29 is 4.74 Å². The zero-order chi connectivity index (χ0) is 12.0. The van der Waals surface area contributed by atoms with Crippen molar-refractivity contribution in [3.05, 3.63) is 29.8 Å². The topological polar surface area (TPSA) is 21.3 Å². The van der Waals surface area contributed by atoms with Crippen LogP contribution in [0.5, 0.6) is 5.75 Å². The molecule has 1 aromatic rings. The van der Waals surface area contributed by atoms with Crippen molar-refractivity contribution in [2.75, 3.05) is 6.61 Å². The van der Waals surface area contributed by atoms with Crippen molar-refractivity contribution in [1.82, 2.24) is 5.32 Å². The van der Waals surface area contributed by atoms with Gasteiger partial charge in [-0.25, -0.2) is 0 Å². The normalized spacial score (nSPS) is 12.8. The summed E-state index contributed by atoms with van der Waals surface area (Å²) in [6.07, 6.45) is 1.05. The van der Waals surface area contributed by atoms with Crippen molar-refractivity contribution in [3.8, 4) is 5.75 Å². The summed E-state index contributed by atoms with van der Waals surface area (Å²) in [7, 11) is 0.